The number of methoxy groups -OCH3 is 1. The monoisotopic (exact) mass is 249 g/mol. The van der Waals surface area contributed by atoms with Crippen LogP contribution in [0.25, 0.3) is 0 Å². The number of ether oxygens (including phenoxy) is 1. The molecule has 1 saturated carbocycles. The van der Waals surface area contributed by atoms with Crippen LogP contribution in [0, 0.1) is 5.92 Å². The molecular weight excluding hydrogens is 226 g/mol. The highest BCUT2D eigenvalue weighted by Gasteiger charge is 2.24. The van der Waals surface area contributed by atoms with Gasteiger partial charge in [0.2, 0.25) is 5.88 Å². The summed E-state index contributed by atoms with van der Waals surface area (Å²) in [6.45, 7) is 0. The van der Waals surface area contributed by atoms with Crippen LogP contribution in [-0.2, 0) is 0 Å². The fraction of sp³-hybridized carbons (Fsp3) is 0.714. The number of rotatable bonds is 4. The Bertz CT molecular complexity index is 362. The Morgan fingerprint density at radius 3 is 2.56 bits per heavy atom. The van der Waals surface area contributed by atoms with Crippen molar-refractivity contribution < 1.29 is 4.74 Å². The molecule has 1 aromatic heterocycles. The number of hydrogen-bond donors (Lipinski definition) is 1. The molecule has 1 atom stereocenters. The van der Waals surface area contributed by atoms with Crippen LogP contribution in [0.4, 0.5) is 0 Å². The Kier molecular flexibility index (Phi) is 4.93. The molecule has 2 rings (SSSR count). The maximum atomic E-state index is 5.18. The summed E-state index contributed by atoms with van der Waals surface area (Å²) in [5.74, 6) is 1.32. The first-order chi connectivity index (χ1) is 8.85. The molecule has 0 saturated heterocycles. The summed E-state index contributed by atoms with van der Waals surface area (Å²) < 4.78 is 5.18. The highest BCUT2D eigenvalue weighted by molar-refractivity contribution is 5.17. The number of nitrogens with one attached hydrogen (secondary N) is 1. The SMILES string of the molecule is CNC(c1cc(OC)ncn1)C1CCCCCC1. The van der Waals surface area contributed by atoms with Crippen molar-refractivity contribution >= 4 is 0 Å². The molecule has 0 aromatic carbocycles. The Hall–Kier alpha value is -1.16. The number of aromatic nitrogens is 2. The number of nitrogens with zero attached hydrogens (tertiary/aromatic N) is 2. The molecule has 1 aromatic rings. The molecule has 0 amide bonds. The zero-order valence-corrected chi connectivity index (χ0v) is 11.4. The van der Waals surface area contributed by atoms with Gasteiger partial charge in [-0.2, -0.15) is 0 Å². The number of hydrogen-bond acceptors (Lipinski definition) is 4. The summed E-state index contributed by atoms with van der Waals surface area (Å²) in [7, 11) is 3.66. The summed E-state index contributed by atoms with van der Waals surface area (Å²) in [6.07, 6.45) is 9.60. The summed E-state index contributed by atoms with van der Waals surface area (Å²) >= 11 is 0. The Morgan fingerprint density at radius 2 is 1.94 bits per heavy atom. The van der Waals surface area contributed by atoms with Crippen LogP contribution in [0.1, 0.15) is 50.3 Å². The van der Waals surface area contributed by atoms with Crippen LogP contribution >= 0.6 is 0 Å². The van der Waals surface area contributed by atoms with Crippen molar-refractivity contribution in [1.82, 2.24) is 15.3 Å². The minimum Gasteiger partial charge on any atom is -0.481 e. The summed E-state index contributed by atoms with van der Waals surface area (Å²) in [5.41, 5.74) is 1.05. The van der Waals surface area contributed by atoms with Crippen LogP contribution in [0.15, 0.2) is 12.4 Å². The van der Waals surface area contributed by atoms with Crippen molar-refractivity contribution in [3.8, 4) is 5.88 Å². The van der Waals surface area contributed by atoms with Crippen LogP contribution in [0.5, 0.6) is 5.88 Å². The summed E-state index contributed by atoms with van der Waals surface area (Å²) in [4.78, 5) is 8.49. The van der Waals surface area contributed by atoms with Crippen molar-refractivity contribution in [3.63, 3.8) is 0 Å². The second-order valence-electron chi connectivity index (χ2n) is 5.00. The lowest BCUT2D eigenvalue weighted by molar-refractivity contribution is 0.332. The molecule has 4 nitrogen and oxygen atoms in total. The van der Waals surface area contributed by atoms with E-state index in [9.17, 15) is 0 Å². The van der Waals surface area contributed by atoms with E-state index in [1.54, 1.807) is 13.4 Å². The van der Waals surface area contributed by atoms with Crippen LogP contribution in [0.3, 0.4) is 0 Å². The first kappa shape index (κ1) is 13.3. The van der Waals surface area contributed by atoms with E-state index >= 15 is 0 Å². The largest absolute Gasteiger partial charge is 0.481 e. The van der Waals surface area contributed by atoms with Gasteiger partial charge in [-0.1, -0.05) is 25.7 Å². The molecule has 0 bridgehead atoms. The first-order valence-electron chi connectivity index (χ1n) is 6.88. The fourth-order valence-corrected chi connectivity index (χ4v) is 2.90. The van der Waals surface area contributed by atoms with E-state index in [2.05, 4.69) is 15.3 Å². The third kappa shape index (κ3) is 3.19. The minimum atomic E-state index is 0.319. The summed E-state index contributed by atoms with van der Waals surface area (Å²) in [6, 6.07) is 2.27. The van der Waals surface area contributed by atoms with E-state index in [0.29, 0.717) is 17.8 Å². The highest BCUT2D eigenvalue weighted by atomic mass is 16.5. The topological polar surface area (TPSA) is 47.0 Å². The van der Waals surface area contributed by atoms with Crippen LogP contribution < -0.4 is 10.1 Å². The van der Waals surface area contributed by atoms with Gasteiger partial charge in [0.15, 0.2) is 0 Å². The van der Waals surface area contributed by atoms with Gasteiger partial charge in [0.1, 0.15) is 6.33 Å². The highest BCUT2D eigenvalue weighted by Crippen LogP contribution is 2.33. The average molecular weight is 249 g/mol. The molecule has 18 heavy (non-hydrogen) atoms. The molecular formula is C14H23N3O. The van der Waals surface area contributed by atoms with E-state index in [4.69, 9.17) is 4.74 Å². The van der Waals surface area contributed by atoms with Crippen molar-refractivity contribution in [2.75, 3.05) is 14.2 Å². The molecule has 100 valence electrons. The van der Waals surface area contributed by atoms with E-state index in [-0.39, 0.29) is 0 Å². The average Bonchev–Trinajstić information content (AvgIpc) is 2.69. The third-order valence-electron chi connectivity index (χ3n) is 3.87. The zero-order valence-electron chi connectivity index (χ0n) is 11.4. The molecule has 1 aliphatic rings. The molecule has 0 spiro atoms. The van der Waals surface area contributed by atoms with Gasteiger partial charge in [-0.3, -0.25) is 0 Å². The second-order valence-corrected chi connectivity index (χ2v) is 5.00. The molecule has 1 heterocycles. The quantitative estimate of drug-likeness (QED) is 0.833. The zero-order chi connectivity index (χ0) is 12.8. The Labute approximate surface area is 109 Å². The van der Waals surface area contributed by atoms with Gasteiger partial charge < -0.3 is 10.1 Å². The molecule has 0 radical (unpaired) electrons. The van der Waals surface area contributed by atoms with E-state index < -0.39 is 0 Å². The van der Waals surface area contributed by atoms with Crippen molar-refractivity contribution in [3.05, 3.63) is 18.1 Å². The molecule has 1 fully saturated rings. The maximum absolute atomic E-state index is 5.18. The molecule has 4 heteroatoms. The van der Waals surface area contributed by atoms with E-state index in [1.807, 2.05) is 13.1 Å². The normalized spacial score (nSPS) is 19.2. The molecule has 1 unspecified atom stereocenters. The van der Waals surface area contributed by atoms with Gasteiger partial charge in [0.05, 0.1) is 18.8 Å². The van der Waals surface area contributed by atoms with Gasteiger partial charge >= 0.3 is 0 Å². The lowest BCUT2D eigenvalue weighted by Crippen LogP contribution is -2.26. The maximum Gasteiger partial charge on any atom is 0.216 e. The van der Waals surface area contributed by atoms with Crippen LogP contribution in [0.2, 0.25) is 0 Å². The summed E-state index contributed by atoms with van der Waals surface area (Å²) in [5, 5.41) is 3.42. The smallest absolute Gasteiger partial charge is 0.216 e. The first-order valence-corrected chi connectivity index (χ1v) is 6.88. The second kappa shape index (κ2) is 6.69. The van der Waals surface area contributed by atoms with Crippen molar-refractivity contribution in [1.29, 1.82) is 0 Å². The predicted octanol–water partition coefficient (Wildman–Crippen LogP) is 2.72. The molecule has 0 aliphatic heterocycles. The van der Waals surface area contributed by atoms with Gasteiger partial charge in [0, 0.05) is 6.07 Å². The van der Waals surface area contributed by atoms with Crippen molar-refractivity contribution in [2.24, 2.45) is 5.92 Å². The fourth-order valence-electron chi connectivity index (χ4n) is 2.90. The van der Waals surface area contributed by atoms with Crippen molar-refractivity contribution in [2.45, 2.75) is 44.6 Å². The standard InChI is InChI=1S/C14H23N3O/c1-15-14(11-7-5-3-4-6-8-11)12-9-13(18-2)17-10-16-12/h9-11,14-15H,3-8H2,1-2H3. The van der Waals surface area contributed by atoms with E-state index in [1.165, 1.54) is 38.5 Å². The lowest BCUT2D eigenvalue weighted by Gasteiger charge is -2.25. The third-order valence-corrected chi connectivity index (χ3v) is 3.87. The van der Waals surface area contributed by atoms with E-state index in [0.717, 1.165) is 5.69 Å². The van der Waals surface area contributed by atoms with Gasteiger partial charge in [-0.05, 0) is 25.8 Å². The predicted molar refractivity (Wildman–Crippen MR) is 71.6 cm³/mol. The minimum absolute atomic E-state index is 0.319. The Balaban J connectivity index is 2.15. The van der Waals surface area contributed by atoms with Gasteiger partial charge in [-0.15, -0.1) is 0 Å². The Morgan fingerprint density at radius 1 is 1.22 bits per heavy atom. The van der Waals surface area contributed by atoms with Crippen LogP contribution in [-0.4, -0.2) is 24.1 Å². The van der Waals surface area contributed by atoms with Gasteiger partial charge in [0.25, 0.3) is 0 Å². The lowest BCUT2D eigenvalue weighted by atomic mass is 9.90. The molecule has 1 N–H and O–H groups in total. The molecule has 1 aliphatic carbocycles. The van der Waals surface area contributed by atoms with Gasteiger partial charge in [-0.25, -0.2) is 9.97 Å².